The number of nitrogens with zero attached hydrogens (tertiary/aromatic N) is 6. The van der Waals surface area contributed by atoms with E-state index in [1.807, 2.05) is 6.07 Å². The highest BCUT2D eigenvalue weighted by Gasteiger charge is 2.31. The third-order valence-electron chi connectivity index (χ3n) is 3.19. The zero-order valence-corrected chi connectivity index (χ0v) is 13.8. The molecule has 0 aliphatic heterocycles. The van der Waals surface area contributed by atoms with Gasteiger partial charge in [-0.15, -0.1) is 10.2 Å². The number of hydrogen-bond acceptors (Lipinski definition) is 6. The number of alkyl halides is 3. The second-order valence-corrected chi connectivity index (χ2v) is 6.06. The maximum Gasteiger partial charge on any atom is 0.406 e. The number of aromatic nitrogens is 4. The molecule has 0 saturated heterocycles. The summed E-state index contributed by atoms with van der Waals surface area (Å²) < 4.78 is 39.8. The fraction of sp³-hybridized carbons (Fsp3) is 0.400. The van der Waals surface area contributed by atoms with Gasteiger partial charge in [-0.2, -0.15) is 23.7 Å². The molecule has 25 heavy (non-hydrogen) atoms. The van der Waals surface area contributed by atoms with Crippen molar-refractivity contribution in [2.24, 2.45) is 5.92 Å². The van der Waals surface area contributed by atoms with E-state index in [-0.39, 0.29) is 23.2 Å². The minimum Gasteiger partial charge on any atom is -0.293 e. The van der Waals surface area contributed by atoms with Crippen molar-refractivity contribution in [3.63, 3.8) is 0 Å². The second-order valence-electron chi connectivity index (χ2n) is 5.08. The maximum absolute atomic E-state index is 12.9. The van der Waals surface area contributed by atoms with Gasteiger partial charge in [-0.25, -0.2) is 0 Å². The van der Waals surface area contributed by atoms with Gasteiger partial charge in [-0.05, 0) is 18.6 Å². The molecule has 1 atom stereocenters. The highest BCUT2D eigenvalue weighted by atomic mass is 32.2. The molecule has 6 nitrogen and oxygen atoms in total. The number of nitriles is 2. The number of halogens is 3. The Labute approximate surface area is 146 Å². The normalized spacial score (nSPS) is 12.4. The Morgan fingerprint density at radius 2 is 1.92 bits per heavy atom. The zero-order chi connectivity index (χ0) is 18.3. The van der Waals surface area contributed by atoms with E-state index in [1.165, 1.54) is 12.4 Å². The second kappa shape index (κ2) is 8.49. The minimum absolute atomic E-state index is 0.0846. The molecule has 2 heterocycles. The molecule has 0 spiro atoms. The SMILES string of the molecule is N#CCC[C@@H](C#N)CSc1nnc(-c2ccncc2)n1CC(F)(F)F. The number of hydrogen-bond donors (Lipinski definition) is 0. The van der Waals surface area contributed by atoms with Gasteiger partial charge in [0, 0.05) is 30.1 Å². The summed E-state index contributed by atoms with van der Waals surface area (Å²) in [5.41, 5.74) is 0.472. The lowest BCUT2D eigenvalue weighted by Gasteiger charge is -2.13. The molecule has 130 valence electrons. The van der Waals surface area contributed by atoms with E-state index in [1.54, 1.807) is 12.1 Å². The maximum atomic E-state index is 12.9. The van der Waals surface area contributed by atoms with E-state index in [2.05, 4.69) is 21.3 Å². The van der Waals surface area contributed by atoms with Crippen LogP contribution in [-0.2, 0) is 6.54 Å². The standard InChI is InChI=1S/C15H13F3N6S/c16-15(17,18)10-24-13(12-3-6-21-7-4-12)22-23-14(24)25-9-11(8-20)2-1-5-19/h3-4,6-7,11H,1-2,9-10H2/t11-/m0/s1. The molecule has 10 heteroatoms. The number of pyridine rings is 1. The Kier molecular flexibility index (Phi) is 6.37. The Morgan fingerprint density at radius 1 is 1.20 bits per heavy atom. The fourth-order valence-electron chi connectivity index (χ4n) is 2.03. The van der Waals surface area contributed by atoms with Gasteiger partial charge in [0.25, 0.3) is 0 Å². The molecular weight excluding hydrogens is 353 g/mol. The summed E-state index contributed by atoms with van der Waals surface area (Å²) in [6, 6.07) is 7.11. The Balaban J connectivity index is 2.25. The summed E-state index contributed by atoms with van der Waals surface area (Å²) in [6.07, 6.45) is -0.930. The van der Waals surface area contributed by atoms with Crippen molar-refractivity contribution in [3.8, 4) is 23.5 Å². The predicted molar refractivity (Wildman–Crippen MR) is 84.0 cm³/mol. The molecule has 0 aromatic carbocycles. The molecule has 0 fully saturated rings. The van der Waals surface area contributed by atoms with E-state index in [0.29, 0.717) is 12.0 Å². The highest BCUT2D eigenvalue weighted by Crippen LogP contribution is 2.29. The third kappa shape index (κ3) is 5.47. The van der Waals surface area contributed by atoms with Crippen molar-refractivity contribution in [2.45, 2.75) is 30.7 Å². The molecule has 0 aliphatic carbocycles. The molecule has 0 aliphatic rings. The predicted octanol–water partition coefficient (Wildman–Crippen LogP) is 3.44. The lowest BCUT2D eigenvalue weighted by molar-refractivity contribution is -0.141. The van der Waals surface area contributed by atoms with Gasteiger partial charge in [0.1, 0.15) is 6.54 Å². The van der Waals surface area contributed by atoms with Crippen LogP contribution >= 0.6 is 11.8 Å². The van der Waals surface area contributed by atoms with Gasteiger partial charge in [0.05, 0.1) is 18.1 Å². The van der Waals surface area contributed by atoms with Gasteiger partial charge < -0.3 is 0 Å². The lowest BCUT2D eigenvalue weighted by Crippen LogP contribution is -2.19. The number of rotatable bonds is 7. The van der Waals surface area contributed by atoms with Crippen molar-refractivity contribution >= 4 is 11.8 Å². The lowest BCUT2D eigenvalue weighted by atomic mass is 10.1. The van der Waals surface area contributed by atoms with Crippen LogP contribution in [0, 0.1) is 28.6 Å². The molecule has 0 saturated carbocycles. The van der Waals surface area contributed by atoms with Gasteiger partial charge in [-0.1, -0.05) is 11.8 Å². The van der Waals surface area contributed by atoms with Crippen LogP contribution in [0.15, 0.2) is 29.7 Å². The largest absolute Gasteiger partial charge is 0.406 e. The van der Waals surface area contributed by atoms with Crippen LogP contribution < -0.4 is 0 Å². The molecule has 2 aromatic rings. The molecule has 0 radical (unpaired) electrons. The van der Waals surface area contributed by atoms with Crippen molar-refractivity contribution in [2.75, 3.05) is 5.75 Å². The third-order valence-corrected chi connectivity index (χ3v) is 4.32. The van der Waals surface area contributed by atoms with E-state index >= 15 is 0 Å². The summed E-state index contributed by atoms with van der Waals surface area (Å²) >= 11 is 1.03. The molecule has 2 aromatic heterocycles. The van der Waals surface area contributed by atoms with E-state index in [4.69, 9.17) is 10.5 Å². The summed E-state index contributed by atoms with van der Waals surface area (Å²) in [5, 5.41) is 25.4. The van der Waals surface area contributed by atoms with Crippen molar-refractivity contribution in [1.82, 2.24) is 19.7 Å². The summed E-state index contributed by atoms with van der Waals surface area (Å²) in [4.78, 5) is 3.83. The Morgan fingerprint density at radius 3 is 2.52 bits per heavy atom. The molecular formula is C15H13F3N6S. The van der Waals surface area contributed by atoms with Gasteiger partial charge in [0.2, 0.25) is 0 Å². The van der Waals surface area contributed by atoms with Crippen LogP contribution in [0.1, 0.15) is 12.8 Å². The summed E-state index contributed by atoms with van der Waals surface area (Å²) in [6.45, 7) is -1.23. The average molecular weight is 366 g/mol. The van der Waals surface area contributed by atoms with E-state index < -0.39 is 18.6 Å². The van der Waals surface area contributed by atoms with Crippen LogP contribution in [0.2, 0.25) is 0 Å². The summed E-state index contributed by atoms with van der Waals surface area (Å²) in [7, 11) is 0. The highest BCUT2D eigenvalue weighted by molar-refractivity contribution is 7.99. The zero-order valence-electron chi connectivity index (χ0n) is 12.9. The van der Waals surface area contributed by atoms with E-state index in [9.17, 15) is 13.2 Å². The Bertz CT molecular complexity index is 775. The molecule has 0 amide bonds. The van der Waals surface area contributed by atoms with Crippen LogP contribution in [0.4, 0.5) is 13.2 Å². The topological polar surface area (TPSA) is 91.2 Å². The van der Waals surface area contributed by atoms with Crippen LogP contribution in [0.5, 0.6) is 0 Å². The monoisotopic (exact) mass is 366 g/mol. The first kappa shape index (κ1) is 18.7. The van der Waals surface area contributed by atoms with Gasteiger partial charge in [-0.3, -0.25) is 9.55 Å². The van der Waals surface area contributed by atoms with Gasteiger partial charge >= 0.3 is 6.18 Å². The van der Waals surface area contributed by atoms with Crippen molar-refractivity contribution < 1.29 is 13.2 Å². The van der Waals surface area contributed by atoms with Crippen molar-refractivity contribution in [3.05, 3.63) is 24.5 Å². The van der Waals surface area contributed by atoms with Crippen molar-refractivity contribution in [1.29, 1.82) is 10.5 Å². The van der Waals surface area contributed by atoms with Crippen LogP contribution in [-0.4, -0.2) is 31.7 Å². The fourth-order valence-corrected chi connectivity index (χ4v) is 3.03. The molecule has 0 N–H and O–H groups in total. The number of thioether (sulfide) groups is 1. The summed E-state index contributed by atoms with van der Waals surface area (Å²) in [5.74, 6) is -0.109. The van der Waals surface area contributed by atoms with Crippen LogP contribution in [0.25, 0.3) is 11.4 Å². The molecule has 0 unspecified atom stereocenters. The first-order valence-corrected chi connectivity index (χ1v) is 8.23. The first-order chi connectivity index (χ1) is 11.9. The smallest absolute Gasteiger partial charge is 0.293 e. The minimum atomic E-state index is -4.44. The van der Waals surface area contributed by atoms with E-state index in [0.717, 1.165) is 16.3 Å². The Hall–Kier alpha value is -2.59. The average Bonchev–Trinajstić information content (AvgIpc) is 2.96. The molecule has 2 rings (SSSR count). The van der Waals surface area contributed by atoms with Crippen LogP contribution in [0.3, 0.4) is 0 Å². The quantitative estimate of drug-likeness (QED) is 0.697. The first-order valence-electron chi connectivity index (χ1n) is 7.24. The molecule has 0 bridgehead atoms. The van der Waals surface area contributed by atoms with Gasteiger partial charge in [0.15, 0.2) is 11.0 Å².